The normalized spacial score (nSPS) is 28.4. The molecule has 2 rings (SSSR count). The smallest absolute Gasteiger partial charge is 0.258 e. The molecule has 1 aliphatic heterocycles. The maximum Gasteiger partial charge on any atom is 0.258 e. The van der Waals surface area contributed by atoms with E-state index in [-0.39, 0.29) is 12.2 Å². The van der Waals surface area contributed by atoms with Crippen molar-refractivity contribution in [1.82, 2.24) is 0 Å². The molecular formula is C17H32O3Si. The first-order chi connectivity index (χ1) is 9.60. The van der Waals surface area contributed by atoms with Crippen molar-refractivity contribution in [3.05, 3.63) is 11.8 Å². The fraction of sp³-hybridized carbons (Fsp3) is 0.882. The molecule has 1 aliphatic carbocycles. The molecule has 2 aliphatic rings. The minimum Gasteiger partial charge on any atom is -0.544 e. The van der Waals surface area contributed by atoms with Gasteiger partial charge in [-0.1, -0.05) is 41.5 Å². The van der Waals surface area contributed by atoms with Crippen molar-refractivity contribution in [2.24, 2.45) is 0 Å². The standard InChI is InChI=1S/C17H32O3Si/c1-11(2)21(12(3)4,13(5)6)20-15-10-9-14-16(15)19-17(7,8)18-14/h10-14,16H,9H2,1-8H3/t14-,16-/m1/s1. The highest BCUT2D eigenvalue weighted by Gasteiger charge is 2.52. The number of ether oxygens (including phenoxy) is 2. The molecule has 3 nitrogen and oxygen atoms in total. The second kappa shape index (κ2) is 5.71. The Morgan fingerprint density at radius 3 is 2.05 bits per heavy atom. The lowest BCUT2D eigenvalue weighted by atomic mass is 10.2. The van der Waals surface area contributed by atoms with Gasteiger partial charge in [-0.15, -0.1) is 0 Å². The van der Waals surface area contributed by atoms with Crippen LogP contribution in [0.25, 0.3) is 0 Å². The zero-order valence-electron chi connectivity index (χ0n) is 14.9. The lowest BCUT2D eigenvalue weighted by Gasteiger charge is -2.43. The van der Waals surface area contributed by atoms with Gasteiger partial charge in [-0.25, -0.2) is 0 Å². The van der Waals surface area contributed by atoms with E-state index in [0.717, 1.165) is 12.2 Å². The molecule has 0 spiro atoms. The Balaban J connectivity index is 2.23. The molecule has 122 valence electrons. The topological polar surface area (TPSA) is 27.7 Å². The maximum atomic E-state index is 6.79. The van der Waals surface area contributed by atoms with Crippen LogP contribution >= 0.6 is 0 Å². The monoisotopic (exact) mass is 312 g/mol. The first kappa shape index (κ1) is 17.0. The molecule has 0 aromatic rings. The van der Waals surface area contributed by atoms with Gasteiger partial charge in [0.1, 0.15) is 11.9 Å². The average molecular weight is 313 g/mol. The van der Waals surface area contributed by atoms with Gasteiger partial charge in [0.15, 0.2) is 5.79 Å². The van der Waals surface area contributed by atoms with E-state index < -0.39 is 14.1 Å². The molecule has 21 heavy (non-hydrogen) atoms. The van der Waals surface area contributed by atoms with Crippen molar-refractivity contribution in [2.45, 2.75) is 96.4 Å². The van der Waals surface area contributed by atoms with Gasteiger partial charge in [-0.05, 0) is 43.0 Å². The highest BCUT2D eigenvalue weighted by atomic mass is 28.4. The molecule has 1 heterocycles. The summed E-state index contributed by atoms with van der Waals surface area (Å²) in [6.45, 7) is 17.9. The first-order valence-corrected chi connectivity index (χ1v) is 10.5. The van der Waals surface area contributed by atoms with Gasteiger partial charge in [0.25, 0.3) is 8.32 Å². The maximum absolute atomic E-state index is 6.79. The summed E-state index contributed by atoms with van der Waals surface area (Å²) in [5.41, 5.74) is 1.73. The summed E-state index contributed by atoms with van der Waals surface area (Å²) in [5, 5.41) is 0. The molecule has 0 aromatic carbocycles. The third-order valence-electron chi connectivity index (χ3n) is 5.02. The molecule has 0 radical (unpaired) electrons. The van der Waals surface area contributed by atoms with Gasteiger partial charge in [0, 0.05) is 0 Å². The molecule has 1 fully saturated rings. The Bertz CT molecular complexity index is 390. The summed E-state index contributed by atoms with van der Waals surface area (Å²) in [7, 11) is -1.90. The molecule has 0 aromatic heterocycles. The van der Waals surface area contributed by atoms with Crippen molar-refractivity contribution in [2.75, 3.05) is 0 Å². The highest BCUT2D eigenvalue weighted by molar-refractivity contribution is 6.77. The first-order valence-electron chi connectivity index (χ1n) is 8.35. The minimum absolute atomic E-state index is 0.0110. The van der Waals surface area contributed by atoms with E-state index in [0.29, 0.717) is 16.6 Å². The lowest BCUT2D eigenvalue weighted by Crippen LogP contribution is -2.48. The molecule has 0 unspecified atom stereocenters. The van der Waals surface area contributed by atoms with Crippen LogP contribution in [-0.2, 0) is 13.9 Å². The molecule has 0 amide bonds. The summed E-state index contributed by atoms with van der Waals surface area (Å²) in [6.07, 6.45) is 3.22. The van der Waals surface area contributed by atoms with Gasteiger partial charge in [-0.2, -0.15) is 0 Å². The van der Waals surface area contributed by atoms with E-state index in [4.69, 9.17) is 13.9 Å². The molecule has 0 bridgehead atoms. The van der Waals surface area contributed by atoms with Crippen molar-refractivity contribution in [1.29, 1.82) is 0 Å². The van der Waals surface area contributed by atoms with Crippen LogP contribution in [0.2, 0.25) is 16.6 Å². The quantitative estimate of drug-likeness (QED) is 0.670. The van der Waals surface area contributed by atoms with Crippen LogP contribution in [0.5, 0.6) is 0 Å². The van der Waals surface area contributed by atoms with Crippen LogP contribution in [0.3, 0.4) is 0 Å². The average Bonchev–Trinajstić information content (AvgIpc) is 2.80. The Labute approximate surface area is 131 Å². The molecular weight excluding hydrogens is 280 g/mol. The number of hydrogen-bond acceptors (Lipinski definition) is 3. The third-order valence-corrected chi connectivity index (χ3v) is 11.0. The molecule has 0 saturated carbocycles. The van der Waals surface area contributed by atoms with Crippen molar-refractivity contribution < 1.29 is 13.9 Å². The summed E-state index contributed by atoms with van der Waals surface area (Å²) in [4.78, 5) is 0. The highest BCUT2D eigenvalue weighted by Crippen LogP contribution is 2.47. The Hall–Kier alpha value is -0.323. The number of hydrogen-bond donors (Lipinski definition) is 0. The van der Waals surface area contributed by atoms with Crippen LogP contribution in [-0.4, -0.2) is 26.3 Å². The number of fused-ring (bicyclic) bond motifs is 1. The van der Waals surface area contributed by atoms with Crippen LogP contribution in [0.4, 0.5) is 0 Å². The lowest BCUT2D eigenvalue weighted by molar-refractivity contribution is -0.146. The second-order valence-corrected chi connectivity index (χ2v) is 13.2. The molecule has 0 N–H and O–H groups in total. The van der Waals surface area contributed by atoms with Crippen molar-refractivity contribution in [3.63, 3.8) is 0 Å². The Kier molecular flexibility index (Phi) is 4.63. The zero-order valence-corrected chi connectivity index (χ0v) is 15.9. The predicted octanol–water partition coefficient (Wildman–Crippen LogP) is 4.99. The van der Waals surface area contributed by atoms with Crippen LogP contribution in [0.15, 0.2) is 11.8 Å². The molecule has 4 heteroatoms. The molecule has 2 atom stereocenters. The van der Waals surface area contributed by atoms with E-state index in [2.05, 4.69) is 47.6 Å². The minimum atomic E-state index is -1.90. The van der Waals surface area contributed by atoms with Crippen molar-refractivity contribution in [3.8, 4) is 0 Å². The third kappa shape index (κ3) is 2.95. The van der Waals surface area contributed by atoms with E-state index in [1.807, 2.05) is 13.8 Å². The predicted molar refractivity (Wildman–Crippen MR) is 88.7 cm³/mol. The van der Waals surface area contributed by atoms with Crippen molar-refractivity contribution >= 4 is 8.32 Å². The zero-order chi connectivity index (χ0) is 16.0. The second-order valence-electron chi connectivity index (χ2n) is 7.86. The number of rotatable bonds is 5. The fourth-order valence-corrected chi connectivity index (χ4v) is 9.57. The Morgan fingerprint density at radius 1 is 1.05 bits per heavy atom. The summed E-state index contributed by atoms with van der Waals surface area (Å²) >= 11 is 0. The van der Waals surface area contributed by atoms with Crippen LogP contribution in [0.1, 0.15) is 61.8 Å². The molecule has 1 saturated heterocycles. The van der Waals surface area contributed by atoms with Crippen LogP contribution in [0, 0.1) is 0 Å². The van der Waals surface area contributed by atoms with Gasteiger partial charge in [-0.3, -0.25) is 0 Å². The summed E-state index contributed by atoms with van der Waals surface area (Å²) in [6, 6.07) is 0. The van der Waals surface area contributed by atoms with E-state index in [1.54, 1.807) is 0 Å². The largest absolute Gasteiger partial charge is 0.544 e. The van der Waals surface area contributed by atoms with E-state index in [1.165, 1.54) is 0 Å². The van der Waals surface area contributed by atoms with E-state index in [9.17, 15) is 0 Å². The SMILES string of the molecule is CC(C)[Si](OC1=CC[C@H]2OC(C)(C)O[C@@H]12)(C(C)C)C(C)C. The fourth-order valence-electron chi connectivity index (χ4n) is 4.25. The van der Waals surface area contributed by atoms with Gasteiger partial charge in [0.2, 0.25) is 0 Å². The van der Waals surface area contributed by atoms with Gasteiger partial charge in [0.05, 0.1) is 6.10 Å². The van der Waals surface area contributed by atoms with Crippen LogP contribution < -0.4 is 0 Å². The van der Waals surface area contributed by atoms with Gasteiger partial charge < -0.3 is 13.9 Å². The summed E-state index contributed by atoms with van der Waals surface area (Å²) < 4.78 is 18.8. The Morgan fingerprint density at radius 2 is 1.57 bits per heavy atom. The van der Waals surface area contributed by atoms with Gasteiger partial charge >= 0.3 is 0 Å². The summed E-state index contributed by atoms with van der Waals surface area (Å²) in [5.74, 6) is 0.545. The van der Waals surface area contributed by atoms with E-state index >= 15 is 0 Å².